The molecule has 154 valence electrons. The zero-order valence-electron chi connectivity index (χ0n) is 15.5. The molecule has 0 aromatic heterocycles. The van der Waals surface area contributed by atoms with Crippen LogP contribution in [0, 0.1) is 0 Å². The van der Waals surface area contributed by atoms with E-state index in [4.69, 9.17) is 23.2 Å². The topological polar surface area (TPSA) is 108 Å². The number of carboxylic acids is 1. The van der Waals surface area contributed by atoms with Gasteiger partial charge in [-0.3, -0.25) is 4.79 Å². The summed E-state index contributed by atoms with van der Waals surface area (Å²) in [5.74, 6) is -2.08. The maximum absolute atomic E-state index is 12.4. The fourth-order valence-corrected chi connectivity index (χ4v) is 3.35. The molecule has 0 aliphatic carbocycles. The van der Waals surface area contributed by atoms with E-state index in [1.54, 1.807) is 18.2 Å². The number of anilines is 1. The minimum Gasteiger partial charge on any atom is -0.480 e. The summed E-state index contributed by atoms with van der Waals surface area (Å²) in [4.78, 5) is 36.1. The Morgan fingerprint density at radius 3 is 2.23 bits per heavy atom. The molecule has 9 heteroatoms. The Morgan fingerprint density at radius 2 is 1.57 bits per heavy atom. The van der Waals surface area contributed by atoms with Crippen molar-refractivity contribution < 1.29 is 19.5 Å². The maximum Gasteiger partial charge on any atom is 0.328 e. The van der Waals surface area contributed by atoms with Gasteiger partial charge in [0.15, 0.2) is 0 Å². The van der Waals surface area contributed by atoms with E-state index < -0.39 is 23.9 Å². The second-order valence-corrected chi connectivity index (χ2v) is 7.17. The Labute approximate surface area is 182 Å². The van der Waals surface area contributed by atoms with Gasteiger partial charge in [-0.05, 0) is 35.0 Å². The quantitative estimate of drug-likeness (QED) is 0.456. The molecular formula is C21H17Cl2N3O4. The highest BCUT2D eigenvalue weighted by Crippen LogP contribution is 2.24. The first-order valence-electron chi connectivity index (χ1n) is 8.86. The lowest BCUT2D eigenvalue weighted by molar-refractivity contribution is -0.139. The summed E-state index contributed by atoms with van der Waals surface area (Å²) >= 11 is 11.9. The Hall–Kier alpha value is -3.29. The fraction of sp³-hybridized carbons (Fsp3) is 0.0952. The van der Waals surface area contributed by atoms with Gasteiger partial charge in [-0.1, -0.05) is 59.6 Å². The molecule has 0 aliphatic heterocycles. The predicted octanol–water partition coefficient (Wildman–Crippen LogP) is 4.15. The molecule has 3 aromatic rings. The van der Waals surface area contributed by atoms with Crippen molar-refractivity contribution in [3.63, 3.8) is 0 Å². The molecule has 4 N–H and O–H groups in total. The van der Waals surface area contributed by atoms with Gasteiger partial charge >= 0.3 is 12.0 Å². The van der Waals surface area contributed by atoms with E-state index in [1.807, 2.05) is 30.3 Å². The number of aliphatic carboxylic acids is 1. The number of urea groups is 1. The van der Waals surface area contributed by atoms with Gasteiger partial charge < -0.3 is 21.1 Å². The van der Waals surface area contributed by atoms with Crippen molar-refractivity contribution in [2.75, 3.05) is 11.9 Å². The number of hydrogen-bond donors (Lipinski definition) is 4. The van der Waals surface area contributed by atoms with Gasteiger partial charge in [0.25, 0.3) is 5.91 Å². The Bertz CT molecular complexity index is 1100. The molecule has 0 saturated heterocycles. The zero-order valence-corrected chi connectivity index (χ0v) is 17.0. The fourth-order valence-electron chi connectivity index (χ4n) is 2.78. The Balaban J connectivity index is 1.61. The number of fused-ring (bicyclic) bond motifs is 1. The van der Waals surface area contributed by atoms with Crippen molar-refractivity contribution in [2.45, 2.75) is 6.04 Å². The van der Waals surface area contributed by atoms with Crippen LogP contribution >= 0.6 is 23.2 Å². The summed E-state index contributed by atoms with van der Waals surface area (Å²) in [6.45, 7) is -0.345. The molecule has 3 aromatic carbocycles. The molecule has 0 aliphatic rings. The van der Waals surface area contributed by atoms with Crippen molar-refractivity contribution >= 4 is 57.6 Å². The summed E-state index contributed by atoms with van der Waals surface area (Å²) in [5.41, 5.74) is 0.512. The van der Waals surface area contributed by atoms with Gasteiger partial charge in [0.2, 0.25) is 0 Å². The average Bonchev–Trinajstić information content (AvgIpc) is 2.70. The highest BCUT2D eigenvalue weighted by Gasteiger charge is 2.24. The number of amides is 3. The maximum atomic E-state index is 12.4. The van der Waals surface area contributed by atoms with Crippen LogP contribution in [0.4, 0.5) is 10.5 Å². The highest BCUT2D eigenvalue weighted by atomic mass is 35.5. The third-order valence-corrected chi connectivity index (χ3v) is 4.90. The summed E-state index contributed by atoms with van der Waals surface area (Å²) in [5, 5.41) is 18.9. The van der Waals surface area contributed by atoms with Gasteiger partial charge in [0.05, 0.1) is 22.2 Å². The van der Waals surface area contributed by atoms with Crippen LogP contribution in [0.25, 0.3) is 10.8 Å². The summed E-state index contributed by atoms with van der Waals surface area (Å²) in [7, 11) is 0. The van der Waals surface area contributed by atoms with Gasteiger partial charge in [-0.25, -0.2) is 9.59 Å². The lowest BCUT2D eigenvalue weighted by atomic mass is 10.1. The van der Waals surface area contributed by atoms with Crippen molar-refractivity contribution in [1.82, 2.24) is 10.6 Å². The van der Waals surface area contributed by atoms with Gasteiger partial charge in [-0.2, -0.15) is 0 Å². The van der Waals surface area contributed by atoms with E-state index in [9.17, 15) is 19.5 Å². The van der Waals surface area contributed by atoms with Crippen molar-refractivity contribution in [3.05, 3.63) is 76.3 Å². The number of benzene rings is 3. The summed E-state index contributed by atoms with van der Waals surface area (Å²) < 4.78 is 0. The molecule has 0 spiro atoms. The molecule has 3 rings (SSSR count). The standard InChI is InChI=1S/C21H17Cl2N3O4/c22-15-6-3-7-16(23)18(15)19(27)26-17(20(28)29)11-24-21(30)25-14-9-8-12-4-1-2-5-13(12)10-14/h1-10,17H,11H2,(H,26,27)(H,28,29)(H2,24,25,30). The van der Waals surface area contributed by atoms with Crippen LogP contribution in [0.3, 0.4) is 0 Å². The van der Waals surface area contributed by atoms with Crippen LogP contribution in [0.5, 0.6) is 0 Å². The van der Waals surface area contributed by atoms with E-state index in [0.29, 0.717) is 5.69 Å². The number of halogens is 2. The van der Waals surface area contributed by atoms with Crippen LogP contribution in [-0.4, -0.2) is 35.6 Å². The second-order valence-electron chi connectivity index (χ2n) is 6.36. The third kappa shape index (κ3) is 5.20. The van der Waals surface area contributed by atoms with Crippen molar-refractivity contribution in [1.29, 1.82) is 0 Å². The van der Waals surface area contributed by atoms with Crippen LogP contribution < -0.4 is 16.0 Å². The monoisotopic (exact) mass is 445 g/mol. The first kappa shape index (κ1) is 21.4. The molecule has 0 heterocycles. The van der Waals surface area contributed by atoms with Crippen LogP contribution in [0.1, 0.15) is 10.4 Å². The van der Waals surface area contributed by atoms with Gasteiger partial charge in [-0.15, -0.1) is 0 Å². The number of carboxylic acid groups (broad SMARTS) is 1. The molecule has 0 bridgehead atoms. The summed E-state index contributed by atoms with van der Waals surface area (Å²) in [6.07, 6.45) is 0. The van der Waals surface area contributed by atoms with E-state index in [0.717, 1.165) is 10.8 Å². The Kier molecular flexibility index (Phi) is 6.76. The first-order chi connectivity index (χ1) is 14.3. The minimum absolute atomic E-state index is 0.0345. The van der Waals surface area contributed by atoms with E-state index in [-0.39, 0.29) is 22.2 Å². The lowest BCUT2D eigenvalue weighted by Crippen LogP contribution is -2.49. The second kappa shape index (κ2) is 9.47. The number of carbonyl (C=O) groups is 3. The van der Waals surface area contributed by atoms with Crippen LogP contribution in [0.2, 0.25) is 10.0 Å². The van der Waals surface area contributed by atoms with E-state index in [1.165, 1.54) is 12.1 Å². The largest absolute Gasteiger partial charge is 0.480 e. The van der Waals surface area contributed by atoms with Crippen LogP contribution in [0.15, 0.2) is 60.7 Å². The SMILES string of the molecule is O=C(NCC(NC(=O)c1c(Cl)cccc1Cl)C(=O)O)Nc1ccc2ccccc2c1. The highest BCUT2D eigenvalue weighted by molar-refractivity contribution is 6.39. The molecule has 1 atom stereocenters. The zero-order chi connectivity index (χ0) is 21.7. The third-order valence-electron chi connectivity index (χ3n) is 4.27. The molecule has 3 amide bonds. The predicted molar refractivity (Wildman–Crippen MR) is 116 cm³/mol. The molecule has 7 nitrogen and oxygen atoms in total. The number of carbonyl (C=O) groups excluding carboxylic acids is 2. The molecule has 1 unspecified atom stereocenters. The van der Waals surface area contributed by atoms with Gasteiger partial charge in [0, 0.05) is 5.69 Å². The van der Waals surface area contributed by atoms with Crippen molar-refractivity contribution in [3.8, 4) is 0 Å². The van der Waals surface area contributed by atoms with E-state index in [2.05, 4.69) is 16.0 Å². The van der Waals surface area contributed by atoms with Crippen molar-refractivity contribution in [2.24, 2.45) is 0 Å². The summed E-state index contributed by atoms with van der Waals surface area (Å²) in [6, 6.07) is 15.6. The van der Waals surface area contributed by atoms with Gasteiger partial charge in [0.1, 0.15) is 6.04 Å². The molecule has 0 fully saturated rings. The van der Waals surface area contributed by atoms with E-state index >= 15 is 0 Å². The number of nitrogens with one attached hydrogen (secondary N) is 3. The molecule has 30 heavy (non-hydrogen) atoms. The number of hydrogen-bond acceptors (Lipinski definition) is 3. The Morgan fingerprint density at radius 1 is 0.900 bits per heavy atom. The normalized spacial score (nSPS) is 11.5. The average molecular weight is 446 g/mol. The molecule has 0 saturated carbocycles. The number of rotatable bonds is 6. The first-order valence-corrected chi connectivity index (χ1v) is 9.62. The smallest absolute Gasteiger partial charge is 0.328 e. The molecule has 0 radical (unpaired) electrons. The minimum atomic E-state index is -1.38. The van der Waals surface area contributed by atoms with Crippen LogP contribution in [-0.2, 0) is 4.79 Å². The lowest BCUT2D eigenvalue weighted by Gasteiger charge is -2.17. The molecular weight excluding hydrogens is 429 g/mol.